The van der Waals surface area contributed by atoms with Crippen molar-refractivity contribution in [2.45, 2.75) is 38.5 Å². The molecular weight excluding hydrogens is 282 g/mol. The van der Waals surface area contributed by atoms with E-state index >= 15 is 0 Å². The summed E-state index contributed by atoms with van der Waals surface area (Å²) in [6, 6.07) is 4.05. The van der Waals surface area contributed by atoms with Crippen molar-refractivity contribution in [3.8, 4) is 5.75 Å². The van der Waals surface area contributed by atoms with E-state index in [1.165, 1.54) is 34.4 Å². The number of methoxy groups -OCH3 is 1. The van der Waals surface area contributed by atoms with Crippen LogP contribution < -0.4 is 4.74 Å². The lowest BCUT2D eigenvalue weighted by molar-refractivity contribution is -0.127. The Bertz CT molecular complexity index is 597. The van der Waals surface area contributed by atoms with Gasteiger partial charge in [-0.25, -0.2) is 9.69 Å². The van der Waals surface area contributed by atoms with E-state index in [2.05, 4.69) is 6.07 Å². The number of carbonyl (C=O) groups excluding carboxylic acids is 2. The monoisotopic (exact) mass is 303 g/mol. The maximum Gasteiger partial charge on any atom is 0.416 e. The average molecular weight is 303 g/mol. The number of fused-ring (bicyclic) bond motifs is 1. The van der Waals surface area contributed by atoms with Crippen LogP contribution in [0.4, 0.5) is 4.79 Å². The number of hydrogen-bond donors (Lipinski definition) is 0. The number of carbonyl (C=O) groups is 2. The number of aryl methyl sites for hydroxylation is 1. The normalized spacial score (nSPS) is 17.1. The summed E-state index contributed by atoms with van der Waals surface area (Å²) < 4.78 is 10.3. The highest BCUT2D eigenvalue weighted by molar-refractivity contribution is 5.93. The van der Waals surface area contributed by atoms with Crippen molar-refractivity contribution in [1.29, 1.82) is 0 Å². The lowest BCUT2D eigenvalue weighted by Crippen LogP contribution is -2.31. The molecule has 0 radical (unpaired) electrons. The number of amides is 2. The van der Waals surface area contributed by atoms with Crippen LogP contribution in [0.5, 0.6) is 5.75 Å². The molecule has 0 unspecified atom stereocenters. The second-order valence-electron chi connectivity index (χ2n) is 5.75. The molecule has 1 aliphatic carbocycles. The Hall–Kier alpha value is -2.04. The Morgan fingerprint density at radius 2 is 2.05 bits per heavy atom. The first-order chi connectivity index (χ1) is 10.7. The van der Waals surface area contributed by atoms with Gasteiger partial charge >= 0.3 is 6.09 Å². The fourth-order valence-corrected chi connectivity index (χ4v) is 3.33. The van der Waals surface area contributed by atoms with Crippen molar-refractivity contribution in [2.75, 3.05) is 20.3 Å². The molecule has 1 saturated heterocycles. The van der Waals surface area contributed by atoms with Crippen molar-refractivity contribution in [3.63, 3.8) is 0 Å². The first-order valence-corrected chi connectivity index (χ1v) is 7.85. The van der Waals surface area contributed by atoms with Crippen molar-refractivity contribution >= 4 is 12.0 Å². The summed E-state index contributed by atoms with van der Waals surface area (Å²) >= 11 is 0. The van der Waals surface area contributed by atoms with Gasteiger partial charge in [-0.2, -0.15) is 0 Å². The molecule has 0 saturated carbocycles. The van der Waals surface area contributed by atoms with E-state index in [0.717, 1.165) is 18.6 Å². The third-order valence-electron chi connectivity index (χ3n) is 4.48. The zero-order valence-electron chi connectivity index (χ0n) is 12.9. The maximum absolute atomic E-state index is 12.1. The molecular formula is C17H21NO4. The fraction of sp³-hybridized carbons (Fsp3) is 0.529. The van der Waals surface area contributed by atoms with Crippen LogP contribution in [-0.2, 0) is 28.8 Å². The van der Waals surface area contributed by atoms with Gasteiger partial charge in [-0.3, -0.25) is 4.79 Å². The SMILES string of the molecule is COc1ccc(CCC(=O)N2CCOC2=O)c2c1CCCC2. The number of rotatable bonds is 4. The van der Waals surface area contributed by atoms with E-state index in [9.17, 15) is 9.59 Å². The molecule has 0 atom stereocenters. The first kappa shape index (κ1) is 14.9. The highest BCUT2D eigenvalue weighted by Gasteiger charge is 2.28. The Balaban J connectivity index is 1.73. The molecule has 1 aromatic carbocycles. The molecule has 2 amide bonds. The zero-order valence-corrected chi connectivity index (χ0v) is 12.9. The molecule has 1 heterocycles. The topological polar surface area (TPSA) is 55.8 Å². The van der Waals surface area contributed by atoms with Gasteiger partial charge in [0.1, 0.15) is 12.4 Å². The quantitative estimate of drug-likeness (QED) is 0.857. The third kappa shape index (κ3) is 2.80. The van der Waals surface area contributed by atoms with Crippen LogP contribution in [0.2, 0.25) is 0 Å². The summed E-state index contributed by atoms with van der Waals surface area (Å²) in [7, 11) is 1.70. The van der Waals surface area contributed by atoms with E-state index in [4.69, 9.17) is 9.47 Å². The van der Waals surface area contributed by atoms with E-state index in [1.54, 1.807) is 7.11 Å². The van der Waals surface area contributed by atoms with Crippen molar-refractivity contribution in [3.05, 3.63) is 28.8 Å². The van der Waals surface area contributed by atoms with Crippen LogP contribution in [0.3, 0.4) is 0 Å². The summed E-state index contributed by atoms with van der Waals surface area (Å²) in [5.74, 6) is 0.802. The van der Waals surface area contributed by atoms with Crippen molar-refractivity contribution < 1.29 is 19.1 Å². The molecule has 118 valence electrons. The molecule has 0 bridgehead atoms. The Kier molecular flexibility index (Phi) is 4.32. The number of ether oxygens (including phenoxy) is 2. The molecule has 0 spiro atoms. The molecule has 1 aromatic rings. The van der Waals surface area contributed by atoms with Crippen LogP contribution in [0.1, 0.15) is 36.0 Å². The van der Waals surface area contributed by atoms with Crippen LogP contribution in [-0.4, -0.2) is 37.2 Å². The molecule has 0 aromatic heterocycles. The minimum Gasteiger partial charge on any atom is -0.496 e. The van der Waals surface area contributed by atoms with E-state index in [-0.39, 0.29) is 5.91 Å². The third-order valence-corrected chi connectivity index (χ3v) is 4.48. The van der Waals surface area contributed by atoms with Crippen LogP contribution in [0.15, 0.2) is 12.1 Å². The van der Waals surface area contributed by atoms with Crippen LogP contribution >= 0.6 is 0 Å². The van der Waals surface area contributed by atoms with Gasteiger partial charge in [0.25, 0.3) is 0 Å². The minimum atomic E-state index is -0.512. The number of imide groups is 1. The molecule has 3 rings (SSSR count). The first-order valence-electron chi connectivity index (χ1n) is 7.85. The lowest BCUT2D eigenvalue weighted by atomic mass is 9.86. The number of nitrogens with zero attached hydrogens (tertiary/aromatic N) is 1. The standard InChI is InChI=1S/C17H21NO4/c1-21-15-8-6-12(13-4-2-3-5-14(13)15)7-9-16(19)18-10-11-22-17(18)20/h6,8H,2-5,7,9-11H2,1H3. The second kappa shape index (κ2) is 6.38. The predicted octanol–water partition coefficient (Wildman–Crippen LogP) is 2.49. The zero-order chi connectivity index (χ0) is 15.5. The van der Waals surface area contributed by atoms with E-state index < -0.39 is 6.09 Å². The number of hydrogen-bond acceptors (Lipinski definition) is 4. The van der Waals surface area contributed by atoms with Crippen molar-refractivity contribution in [2.24, 2.45) is 0 Å². The smallest absolute Gasteiger partial charge is 0.416 e. The lowest BCUT2D eigenvalue weighted by Gasteiger charge is -2.22. The highest BCUT2D eigenvalue weighted by atomic mass is 16.6. The predicted molar refractivity (Wildman–Crippen MR) is 81.0 cm³/mol. The maximum atomic E-state index is 12.1. The molecule has 5 nitrogen and oxygen atoms in total. The molecule has 1 aliphatic heterocycles. The van der Waals surface area contributed by atoms with Gasteiger partial charge in [-0.05, 0) is 54.9 Å². The number of cyclic esters (lactones) is 1. The van der Waals surface area contributed by atoms with Gasteiger partial charge in [0, 0.05) is 6.42 Å². The molecule has 2 aliphatic rings. The summed E-state index contributed by atoms with van der Waals surface area (Å²) in [5.41, 5.74) is 3.83. The summed E-state index contributed by atoms with van der Waals surface area (Å²) in [5, 5.41) is 0. The number of benzene rings is 1. The Morgan fingerprint density at radius 3 is 2.73 bits per heavy atom. The van der Waals surface area contributed by atoms with Gasteiger partial charge in [0.15, 0.2) is 0 Å². The van der Waals surface area contributed by atoms with E-state index in [0.29, 0.717) is 26.0 Å². The minimum absolute atomic E-state index is 0.150. The summed E-state index contributed by atoms with van der Waals surface area (Å²) in [6.07, 6.45) is 4.94. The fourth-order valence-electron chi connectivity index (χ4n) is 3.33. The van der Waals surface area contributed by atoms with Gasteiger partial charge in [0.05, 0.1) is 13.7 Å². The van der Waals surface area contributed by atoms with Gasteiger partial charge in [-0.1, -0.05) is 6.07 Å². The van der Waals surface area contributed by atoms with Crippen molar-refractivity contribution in [1.82, 2.24) is 4.90 Å². The summed E-state index contributed by atoms with van der Waals surface area (Å²) in [4.78, 5) is 24.7. The molecule has 5 heteroatoms. The van der Waals surface area contributed by atoms with Gasteiger partial charge < -0.3 is 9.47 Å². The van der Waals surface area contributed by atoms with E-state index in [1.807, 2.05) is 6.07 Å². The largest absolute Gasteiger partial charge is 0.496 e. The summed E-state index contributed by atoms with van der Waals surface area (Å²) in [6.45, 7) is 0.681. The molecule has 0 N–H and O–H groups in total. The van der Waals surface area contributed by atoms with Crippen LogP contribution in [0.25, 0.3) is 0 Å². The molecule has 1 fully saturated rings. The van der Waals surface area contributed by atoms with Gasteiger partial charge in [0.2, 0.25) is 5.91 Å². The Morgan fingerprint density at radius 1 is 1.27 bits per heavy atom. The van der Waals surface area contributed by atoms with Gasteiger partial charge in [-0.15, -0.1) is 0 Å². The van der Waals surface area contributed by atoms with Crippen LogP contribution in [0, 0.1) is 0 Å². The second-order valence-corrected chi connectivity index (χ2v) is 5.75. The Labute approximate surface area is 130 Å². The molecule has 22 heavy (non-hydrogen) atoms. The average Bonchev–Trinajstić information content (AvgIpc) is 2.98. The highest BCUT2D eigenvalue weighted by Crippen LogP contribution is 2.32.